The molecule has 2 aromatic heterocycles. The molecule has 0 fully saturated rings. The zero-order chi connectivity index (χ0) is 17.1. The van der Waals surface area contributed by atoms with E-state index in [2.05, 4.69) is 20.3 Å². The lowest BCUT2D eigenvalue weighted by Gasteiger charge is -2.19. The number of aromatic nitrogens is 3. The number of H-pyrrole nitrogens is 1. The third-order valence-corrected chi connectivity index (χ3v) is 4.22. The first-order valence-corrected chi connectivity index (χ1v) is 8.64. The number of fused-ring (bicyclic) bond motifs is 1. The van der Waals surface area contributed by atoms with Gasteiger partial charge in [-0.2, -0.15) is 4.98 Å². The maximum atomic E-state index is 14.2. The third kappa shape index (κ3) is 3.94. The minimum absolute atomic E-state index is 0.0105. The highest BCUT2D eigenvalue weighted by atomic mass is 35.5. The average Bonchev–Trinajstić information content (AvgIpc) is 2.51. The van der Waals surface area contributed by atoms with Crippen molar-refractivity contribution < 1.29 is 9.13 Å². The molecule has 2 unspecified atom stereocenters. The molecule has 2 N–H and O–H groups in total. The molecule has 0 spiro atoms. The van der Waals surface area contributed by atoms with E-state index in [-0.39, 0.29) is 34.1 Å². The number of hydrogen-bond donors (Lipinski definition) is 2. The van der Waals surface area contributed by atoms with Crippen LogP contribution in [0.25, 0.3) is 10.9 Å². The zero-order valence-electron chi connectivity index (χ0n) is 13.2. The van der Waals surface area contributed by atoms with Crippen molar-refractivity contribution >= 4 is 34.3 Å². The van der Waals surface area contributed by atoms with Crippen molar-refractivity contribution in [1.82, 2.24) is 20.3 Å². The lowest BCUT2D eigenvalue weighted by atomic mass is 10.1. The minimum Gasteiger partial charge on any atom is -0.474 e. The van der Waals surface area contributed by atoms with Gasteiger partial charge in [-0.1, -0.05) is 23.4 Å². The Bertz CT molecular complexity index is 771. The van der Waals surface area contributed by atoms with E-state index in [0.717, 1.165) is 0 Å². The number of pyridine rings is 1. The van der Waals surface area contributed by atoms with E-state index >= 15 is 0 Å². The molecule has 2 heterocycles. The van der Waals surface area contributed by atoms with Gasteiger partial charge in [0, 0.05) is 6.04 Å². The standard InChI is InChI=1S/C14H18ClFN4O2S/c1-6(17-3)5-7(2)22-13-8-10(9(16)11(15)19-13)18-14(23-4)20-12(8)21/h6-7,17H,5H2,1-4H3,(H,18,20,21). The predicted molar refractivity (Wildman–Crippen MR) is 90.1 cm³/mol. The topological polar surface area (TPSA) is 79.9 Å². The highest BCUT2D eigenvalue weighted by Crippen LogP contribution is 2.28. The Hall–Kier alpha value is -1.38. The van der Waals surface area contributed by atoms with Crippen LogP contribution in [0, 0.1) is 5.82 Å². The zero-order valence-corrected chi connectivity index (χ0v) is 14.8. The van der Waals surface area contributed by atoms with Gasteiger partial charge in [-0.25, -0.2) is 9.37 Å². The highest BCUT2D eigenvalue weighted by molar-refractivity contribution is 7.98. The number of hydrogen-bond acceptors (Lipinski definition) is 6. The molecule has 126 valence electrons. The summed E-state index contributed by atoms with van der Waals surface area (Å²) in [5, 5.41) is 2.99. The Kier molecular flexibility index (Phi) is 5.83. The number of aromatic amines is 1. The van der Waals surface area contributed by atoms with Crippen molar-refractivity contribution in [2.45, 2.75) is 37.6 Å². The largest absolute Gasteiger partial charge is 0.474 e. The van der Waals surface area contributed by atoms with Crippen molar-refractivity contribution in [2.24, 2.45) is 0 Å². The maximum Gasteiger partial charge on any atom is 0.265 e. The van der Waals surface area contributed by atoms with E-state index in [4.69, 9.17) is 16.3 Å². The van der Waals surface area contributed by atoms with Gasteiger partial charge in [0.25, 0.3) is 5.56 Å². The molecule has 0 saturated heterocycles. The molecule has 2 atom stereocenters. The number of rotatable bonds is 6. The van der Waals surface area contributed by atoms with E-state index in [0.29, 0.717) is 11.6 Å². The summed E-state index contributed by atoms with van der Waals surface area (Å²) in [6, 6.07) is 0.215. The summed E-state index contributed by atoms with van der Waals surface area (Å²) < 4.78 is 19.9. The van der Waals surface area contributed by atoms with Gasteiger partial charge in [-0.3, -0.25) is 4.79 Å². The van der Waals surface area contributed by atoms with Crippen molar-refractivity contribution in [3.05, 3.63) is 21.3 Å². The minimum atomic E-state index is -0.827. The first-order chi connectivity index (χ1) is 10.9. The van der Waals surface area contributed by atoms with Gasteiger partial charge >= 0.3 is 0 Å². The summed E-state index contributed by atoms with van der Waals surface area (Å²) in [6.07, 6.45) is 2.17. The van der Waals surface area contributed by atoms with Gasteiger partial charge in [-0.05, 0) is 33.6 Å². The monoisotopic (exact) mass is 360 g/mol. The van der Waals surface area contributed by atoms with E-state index in [1.807, 2.05) is 20.9 Å². The lowest BCUT2D eigenvalue weighted by molar-refractivity contribution is 0.192. The Morgan fingerprint density at radius 2 is 2.13 bits per heavy atom. The molecule has 6 nitrogen and oxygen atoms in total. The van der Waals surface area contributed by atoms with Gasteiger partial charge in [-0.15, -0.1) is 0 Å². The molecule has 0 saturated carbocycles. The second-order valence-corrected chi connectivity index (χ2v) is 6.33. The molecule has 0 amide bonds. The molecular formula is C14H18ClFN4O2S. The van der Waals surface area contributed by atoms with Crippen molar-refractivity contribution in [3.8, 4) is 5.88 Å². The van der Waals surface area contributed by atoms with Crippen LogP contribution >= 0.6 is 23.4 Å². The number of halogens is 2. The maximum absolute atomic E-state index is 14.2. The summed E-state index contributed by atoms with van der Waals surface area (Å²) in [5.74, 6) is -0.838. The fraction of sp³-hybridized carbons (Fsp3) is 0.500. The molecule has 9 heteroatoms. The van der Waals surface area contributed by atoms with E-state index in [1.54, 1.807) is 6.26 Å². The Labute approximate surface area is 142 Å². The molecule has 0 radical (unpaired) electrons. The fourth-order valence-electron chi connectivity index (χ4n) is 2.14. The molecule has 2 rings (SSSR count). The van der Waals surface area contributed by atoms with Crippen molar-refractivity contribution in [3.63, 3.8) is 0 Å². The molecular weight excluding hydrogens is 343 g/mol. The van der Waals surface area contributed by atoms with Crippen LogP contribution < -0.4 is 15.6 Å². The number of thioether (sulfide) groups is 1. The van der Waals surface area contributed by atoms with Crippen LogP contribution in [-0.4, -0.2) is 40.4 Å². The van der Waals surface area contributed by atoms with Crippen LogP contribution in [0.4, 0.5) is 4.39 Å². The average molecular weight is 361 g/mol. The van der Waals surface area contributed by atoms with Gasteiger partial charge in [0.1, 0.15) is 10.9 Å². The summed E-state index contributed by atoms with van der Waals surface area (Å²) in [4.78, 5) is 22.8. The normalized spacial score (nSPS) is 14.0. The molecule has 0 aromatic carbocycles. The van der Waals surface area contributed by atoms with E-state index in [1.165, 1.54) is 11.8 Å². The van der Waals surface area contributed by atoms with Crippen molar-refractivity contribution in [1.29, 1.82) is 0 Å². The molecule has 0 aliphatic heterocycles. The van der Waals surface area contributed by atoms with E-state index < -0.39 is 11.4 Å². The van der Waals surface area contributed by atoms with Gasteiger partial charge in [0.15, 0.2) is 16.1 Å². The second kappa shape index (κ2) is 7.46. The molecule has 0 bridgehead atoms. The predicted octanol–water partition coefficient (Wildman–Crippen LogP) is 2.60. The quantitative estimate of drug-likeness (QED) is 0.468. The Balaban J connectivity index is 2.52. The number of ether oxygens (including phenoxy) is 1. The number of nitrogens with zero attached hydrogens (tertiary/aromatic N) is 2. The van der Waals surface area contributed by atoms with Crippen LogP contribution in [-0.2, 0) is 0 Å². The first kappa shape index (κ1) is 18.0. The fourth-order valence-corrected chi connectivity index (χ4v) is 2.68. The van der Waals surface area contributed by atoms with Crippen LogP contribution in [0.1, 0.15) is 20.3 Å². The molecule has 2 aromatic rings. The van der Waals surface area contributed by atoms with Crippen LogP contribution in [0.2, 0.25) is 5.15 Å². The SMILES string of the molecule is CNC(C)CC(C)Oc1nc(Cl)c(F)c2nc(SC)[nH]c(=O)c12. The first-order valence-electron chi connectivity index (χ1n) is 7.04. The second-order valence-electron chi connectivity index (χ2n) is 5.17. The van der Waals surface area contributed by atoms with Crippen LogP contribution in [0.3, 0.4) is 0 Å². The van der Waals surface area contributed by atoms with E-state index in [9.17, 15) is 9.18 Å². The smallest absolute Gasteiger partial charge is 0.265 e. The van der Waals surface area contributed by atoms with Crippen molar-refractivity contribution in [2.75, 3.05) is 13.3 Å². The van der Waals surface area contributed by atoms with Gasteiger partial charge in [0.2, 0.25) is 5.88 Å². The summed E-state index contributed by atoms with van der Waals surface area (Å²) in [5.41, 5.74) is -0.645. The summed E-state index contributed by atoms with van der Waals surface area (Å²) >= 11 is 7.02. The number of nitrogens with one attached hydrogen (secondary N) is 2. The third-order valence-electron chi connectivity index (χ3n) is 3.38. The van der Waals surface area contributed by atoms with Crippen LogP contribution in [0.15, 0.2) is 9.95 Å². The summed E-state index contributed by atoms with van der Waals surface area (Å²) in [7, 11) is 1.85. The Morgan fingerprint density at radius 1 is 1.43 bits per heavy atom. The lowest BCUT2D eigenvalue weighted by Crippen LogP contribution is -2.28. The highest BCUT2D eigenvalue weighted by Gasteiger charge is 2.21. The molecule has 23 heavy (non-hydrogen) atoms. The van der Waals surface area contributed by atoms with Crippen LogP contribution in [0.5, 0.6) is 5.88 Å². The Morgan fingerprint density at radius 3 is 2.74 bits per heavy atom. The van der Waals surface area contributed by atoms with Gasteiger partial charge in [0.05, 0.1) is 6.10 Å². The molecule has 0 aliphatic rings. The summed E-state index contributed by atoms with van der Waals surface area (Å²) in [6.45, 7) is 3.85. The molecule has 0 aliphatic carbocycles. The van der Waals surface area contributed by atoms with Gasteiger partial charge < -0.3 is 15.0 Å².